The SMILES string of the molecule is C=NC(c1cccc(NC)c1)N1CC=C(c2cccc(CCN3CNC3)c2)C1C. The Balaban J connectivity index is 1.48. The highest BCUT2D eigenvalue weighted by Crippen LogP contribution is 2.35. The molecule has 1 saturated heterocycles. The lowest BCUT2D eigenvalue weighted by atomic mass is 9.97. The molecule has 152 valence electrons. The summed E-state index contributed by atoms with van der Waals surface area (Å²) >= 11 is 0. The van der Waals surface area contributed by atoms with Gasteiger partial charge in [0.15, 0.2) is 0 Å². The zero-order valence-corrected chi connectivity index (χ0v) is 17.4. The van der Waals surface area contributed by atoms with E-state index in [4.69, 9.17) is 0 Å². The van der Waals surface area contributed by atoms with Gasteiger partial charge in [0.05, 0.1) is 13.3 Å². The third-order valence-corrected chi connectivity index (χ3v) is 6.08. The van der Waals surface area contributed by atoms with E-state index in [0.717, 1.165) is 38.5 Å². The zero-order chi connectivity index (χ0) is 20.2. The molecule has 2 unspecified atom stereocenters. The molecule has 4 rings (SSSR count). The second-order valence-electron chi connectivity index (χ2n) is 7.87. The first-order chi connectivity index (χ1) is 14.2. The van der Waals surface area contributed by atoms with Gasteiger partial charge < -0.3 is 5.32 Å². The summed E-state index contributed by atoms with van der Waals surface area (Å²) in [6.45, 7) is 10.2. The van der Waals surface area contributed by atoms with Crippen LogP contribution in [-0.4, -0.2) is 56.0 Å². The minimum Gasteiger partial charge on any atom is -0.388 e. The Morgan fingerprint density at radius 2 is 2.03 bits per heavy atom. The van der Waals surface area contributed by atoms with Gasteiger partial charge in [-0.25, -0.2) is 0 Å². The monoisotopic (exact) mass is 389 g/mol. The maximum Gasteiger partial charge on any atom is 0.128 e. The molecular formula is C24H31N5. The van der Waals surface area contributed by atoms with E-state index in [0.29, 0.717) is 6.04 Å². The van der Waals surface area contributed by atoms with Crippen molar-refractivity contribution in [2.24, 2.45) is 4.99 Å². The van der Waals surface area contributed by atoms with Gasteiger partial charge in [-0.05, 0) is 54.5 Å². The molecule has 5 nitrogen and oxygen atoms in total. The summed E-state index contributed by atoms with van der Waals surface area (Å²) < 4.78 is 0. The largest absolute Gasteiger partial charge is 0.388 e. The van der Waals surface area contributed by atoms with Gasteiger partial charge in [0.1, 0.15) is 6.17 Å². The van der Waals surface area contributed by atoms with E-state index in [9.17, 15) is 0 Å². The van der Waals surface area contributed by atoms with Gasteiger partial charge in [0.25, 0.3) is 0 Å². The second kappa shape index (κ2) is 8.91. The van der Waals surface area contributed by atoms with Crippen molar-refractivity contribution >= 4 is 18.0 Å². The van der Waals surface area contributed by atoms with E-state index in [1.54, 1.807) is 0 Å². The number of benzene rings is 2. The minimum atomic E-state index is -0.0471. The van der Waals surface area contributed by atoms with Crippen LogP contribution in [0.2, 0.25) is 0 Å². The van der Waals surface area contributed by atoms with Gasteiger partial charge in [-0.15, -0.1) is 0 Å². The smallest absolute Gasteiger partial charge is 0.128 e. The molecule has 2 heterocycles. The van der Waals surface area contributed by atoms with E-state index in [2.05, 4.69) is 93.7 Å². The Morgan fingerprint density at radius 1 is 1.21 bits per heavy atom. The van der Waals surface area contributed by atoms with Crippen molar-refractivity contribution < 1.29 is 0 Å². The third-order valence-electron chi connectivity index (χ3n) is 6.08. The molecule has 0 aliphatic carbocycles. The van der Waals surface area contributed by atoms with Crippen LogP contribution in [0.3, 0.4) is 0 Å². The van der Waals surface area contributed by atoms with Crippen molar-refractivity contribution in [1.29, 1.82) is 0 Å². The van der Waals surface area contributed by atoms with Gasteiger partial charge >= 0.3 is 0 Å². The molecule has 29 heavy (non-hydrogen) atoms. The lowest BCUT2D eigenvalue weighted by Crippen LogP contribution is -2.52. The number of anilines is 1. The van der Waals surface area contributed by atoms with Crippen LogP contribution in [0.1, 0.15) is 29.8 Å². The second-order valence-corrected chi connectivity index (χ2v) is 7.87. The molecule has 2 aliphatic heterocycles. The fraction of sp³-hybridized carbons (Fsp3) is 0.375. The number of nitrogens with zero attached hydrogens (tertiary/aromatic N) is 3. The van der Waals surface area contributed by atoms with Gasteiger partial charge in [0.2, 0.25) is 0 Å². The fourth-order valence-corrected chi connectivity index (χ4v) is 4.26. The summed E-state index contributed by atoms with van der Waals surface area (Å²) in [6.07, 6.45) is 3.40. The summed E-state index contributed by atoms with van der Waals surface area (Å²) in [5, 5.41) is 6.51. The molecule has 2 aromatic rings. The van der Waals surface area contributed by atoms with Crippen LogP contribution in [0.5, 0.6) is 0 Å². The number of nitrogens with one attached hydrogen (secondary N) is 2. The average Bonchev–Trinajstić information content (AvgIpc) is 3.09. The van der Waals surface area contributed by atoms with Gasteiger partial charge in [-0.1, -0.05) is 42.5 Å². The van der Waals surface area contributed by atoms with Crippen LogP contribution < -0.4 is 10.6 Å². The van der Waals surface area contributed by atoms with E-state index < -0.39 is 0 Å². The van der Waals surface area contributed by atoms with Gasteiger partial charge in [-0.2, -0.15) is 0 Å². The molecule has 2 aromatic carbocycles. The summed E-state index contributed by atoms with van der Waals surface area (Å²) in [4.78, 5) is 9.31. The van der Waals surface area contributed by atoms with E-state index in [1.807, 2.05) is 7.05 Å². The van der Waals surface area contributed by atoms with Crippen molar-refractivity contribution in [2.75, 3.05) is 38.8 Å². The lowest BCUT2D eigenvalue weighted by Gasteiger charge is -2.32. The van der Waals surface area contributed by atoms with Crippen molar-refractivity contribution in [3.8, 4) is 0 Å². The molecule has 0 spiro atoms. The third kappa shape index (κ3) is 4.27. The summed E-state index contributed by atoms with van der Waals surface area (Å²) in [5.74, 6) is 0. The Hall–Kier alpha value is -2.47. The highest BCUT2D eigenvalue weighted by Gasteiger charge is 2.30. The summed E-state index contributed by atoms with van der Waals surface area (Å²) in [5.41, 5.74) is 6.38. The van der Waals surface area contributed by atoms with E-state index >= 15 is 0 Å². The van der Waals surface area contributed by atoms with E-state index in [-0.39, 0.29) is 6.17 Å². The molecule has 1 fully saturated rings. The van der Waals surface area contributed by atoms with Crippen LogP contribution in [0.4, 0.5) is 5.69 Å². The predicted octanol–water partition coefficient (Wildman–Crippen LogP) is 3.58. The Bertz CT molecular complexity index is 886. The maximum absolute atomic E-state index is 4.48. The molecule has 2 N–H and O–H groups in total. The molecule has 0 aromatic heterocycles. The maximum atomic E-state index is 4.48. The summed E-state index contributed by atoms with van der Waals surface area (Å²) in [7, 11) is 1.94. The number of hydrogen-bond acceptors (Lipinski definition) is 5. The standard InChI is InChI=1S/C24H31N5/c1-18-23(20-7-4-6-19(14-20)10-12-28-16-27-17-28)11-13-29(18)24(26-3)21-8-5-9-22(15-21)25-2/h4-9,11,14-15,18,24-25,27H,3,10,12-13,16-17H2,1-2H3. The number of rotatable bonds is 8. The van der Waals surface area contributed by atoms with Crippen LogP contribution in [0.15, 0.2) is 59.6 Å². The van der Waals surface area contributed by atoms with Crippen molar-refractivity contribution in [2.45, 2.75) is 25.6 Å². The first-order valence-corrected chi connectivity index (χ1v) is 10.4. The van der Waals surface area contributed by atoms with Crippen LogP contribution in [0, 0.1) is 0 Å². The van der Waals surface area contributed by atoms with E-state index in [1.165, 1.54) is 22.3 Å². The van der Waals surface area contributed by atoms with Crippen molar-refractivity contribution in [3.05, 3.63) is 71.3 Å². The van der Waals surface area contributed by atoms with Crippen molar-refractivity contribution in [1.82, 2.24) is 15.1 Å². The average molecular weight is 390 g/mol. The quantitative estimate of drug-likeness (QED) is 0.678. The Labute approximate surface area is 174 Å². The van der Waals surface area contributed by atoms with Crippen molar-refractivity contribution in [3.63, 3.8) is 0 Å². The summed E-state index contributed by atoms with van der Waals surface area (Å²) in [6, 6.07) is 17.8. The highest BCUT2D eigenvalue weighted by atomic mass is 15.4. The zero-order valence-electron chi connectivity index (χ0n) is 17.4. The minimum absolute atomic E-state index is 0.0471. The molecule has 2 aliphatic rings. The molecule has 0 bridgehead atoms. The molecule has 0 radical (unpaired) electrons. The number of aliphatic imine (C=N–C) groups is 1. The Kier molecular flexibility index (Phi) is 6.09. The molecule has 0 amide bonds. The lowest BCUT2D eigenvalue weighted by molar-refractivity contribution is 0.141. The van der Waals surface area contributed by atoms with Crippen LogP contribution in [0.25, 0.3) is 5.57 Å². The number of hydrogen-bond donors (Lipinski definition) is 2. The molecule has 5 heteroatoms. The Morgan fingerprint density at radius 3 is 2.76 bits per heavy atom. The first kappa shape index (κ1) is 19.8. The fourth-order valence-electron chi connectivity index (χ4n) is 4.26. The topological polar surface area (TPSA) is 42.9 Å². The van der Waals surface area contributed by atoms with Crippen LogP contribution in [-0.2, 0) is 6.42 Å². The first-order valence-electron chi connectivity index (χ1n) is 10.4. The molecular weight excluding hydrogens is 358 g/mol. The van der Waals surface area contributed by atoms with Gasteiger partial charge in [-0.3, -0.25) is 20.1 Å². The van der Waals surface area contributed by atoms with Gasteiger partial charge in [0, 0.05) is 31.9 Å². The molecule has 2 atom stereocenters. The molecule has 0 saturated carbocycles. The predicted molar refractivity (Wildman–Crippen MR) is 122 cm³/mol. The normalized spacial score (nSPS) is 20.8. The van der Waals surface area contributed by atoms with Crippen LogP contribution >= 0.6 is 0 Å². The highest BCUT2D eigenvalue weighted by molar-refractivity contribution is 5.72.